The number of nitrogens with zero attached hydrogens (tertiary/aromatic N) is 1. The minimum atomic E-state index is -3.83. The van der Waals surface area contributed by atoms with E-state index >= 15 is 0 Å². The largest absolute Gasteiger partial charge is 0.497 e. The molecule has 0 amide bonds. The van der Waals surface area contributed by atoms with Gasteiger partial charge in [-0.05, 0) is 74.9 Å². The molecule has 0 atom stereocenters. The Morgan fingerprint density at radius 2 is 1.64 bits per heavy atom. The van der Waals surface area contributed by atoms with Crippen molar-refractivity contribution in [3.05, 3.63) is 58.1 Å². The highest BCUT2D eigenvalue weighted by Crippen LogP contribution is 2.34. The molecule has 9 heteroatoms. The highest BCUT2D eigenvalue weighted by molar-refractivity contribution is 7.89. The summed E-state index contributed by atoms with van der Waals surface area (Å²) in [5.74, 6) is 0.407. The smallest absolute Gasteiger partial charge is 0.308 e. The molecule has 0 saturated heterocycles. The molecule has 0 radical (unpaired) electrons. The molecule has 1 saturated carbocycles. The molecule has 1 aliphatic rings. The monoisotopic (exact) mass is 513 g/mol. The molecule has 0 bridgehead atoms. The first-order valence-electron chi connectivity index (χ1n) is 11.0. The van der Waals surface area contributed by atoms with E-state index in [1.807, 2.05) is 0 Å². The number of hydrogen-bond donors (Lipinski definition) is 0. The normalized spacial score (nSPS) is 18.8. The van der Waals surface area contributed by atoms with Crippen molar-refractivity contribution in [2.45, 2.75) is 44.0 Å². The maximum atomic E-state index is 13.6. The number of carbonyl (C=O) groups is 1. The van der Waals surface area contributed by atoms with Gasteiger partial charge in [0, 0.05) is 28.7 Å². The average Bonchev–Trinajstić information content (AvgIpc) is 2.81. The number of methoxy groups -OCH3 is 1. The summed E-state index contributed by atoms with van der Waals surface area (Å²) in [6.07, 6.45) is 2.86. The molecule has 0 aliphatic heterocycles. The van der Waals surface area contributed by atoms with Crippen LogP contribution in [0.1, 0.15) is 38.2 Å². The number of sulfonamides is 1. The molecule has 1 aliphatic carbocycles. The second-order valence-corrected chi connectivity index (χ2v) is 10.9. The van der Waals surface area contributed by atoms with Crippen LogP contribution in [-0.2, 0) is 26.1 Å². The lowest BCUT2D eigenvalue weighted by Gasteiger charge is -2.32. The Bertz CT molecular complexity index is 1030. The van der Waals surface area contributed by atoms with Crippen LogP contribution in [-0.4, -0.2) is 39.0 Å². The fraction of sp³-hybridized carbons (Fsp3) is 0.458. The molecule has 180 valence electrons. The van der Waals surface area contributed by atoms with E-state index in [0.717, 1.165) is 12.8 Å². The van der Waals surface area contributed by atoms with E-state index in [1.54, 1.807) is 37.3 Å². The van der Waals surface area contributed by atoms with Crippen molar-refractivity contribution >= 4 is 39.2 Å². The highest BCUT2D eigenvalue weighted by Gasteiger charge is 2.32. The lowest BCUT2D eigenvalue weighted by atomic mass is 9.82. The van der Waals surface area contributed by atoms with Crippen LogP contribution in [0.3, 0.4) is 0 Å². The first-order chi connectivity index (χ1) is 15.8. The molecule has 0 N–H and O–H groups in total. The molecule has 2 aromatic rings. The molecule has 3 rings (SSSR count). The van der Waals surface area contributed by atoms with Crippen LogP contribution in [0.25, 0.3) is 0 Å². The Kier molecular flexibility index (Phi) is 9.04. The van der Waals surface area contributed by atoms with Crippen molar-refractivity contribution in [1.29, 1.82) is 0 Å². The van der Waals surface area contributed by atoms with Gasteiger partial charge in [-0.15, -0.1) is 0 Å². The van der Waals surface area contributed by atoms with Crippen molar-refractivity contribution in [2.24, 2.45) is 11.8 Å². The van der Waals surface area contributed by atoms with Gasteiger partial charge >= 0.3 is 5.97 Å². The van der Waals surface area contributed by atoms with Crippen molar-refractivity contribution in [1.82, 2.24) is 4.31 Å². The fourth-order valence-electron chi connectivity index (χ4n) is 4.13. The quantitative estimate of drug-likeness (QED) is 0.410. The fourth-order valence-corrected chi connectivity index (χ4v) is 6.13. The van der Waals surface area contributed by atoms with Crippen LogP contribution < -0.4 is 4.74 Å². The third-order valence-electron chi connectivity index (χ3n) is 6.02. The molecule has 0 unspecified atom stereocenters. The van der Waals surface area contributed by atoms with E-state index in [0.29, 0.717) is 47.4 Å². The first kappa shape index (κ1) is 25.8. The zero-order valence-corrected chi connectivity index (χ0v) is 21.1. The van der Waals surface area contributed by atoms with Gasteiger partial charge in [0.05, 0.1) is 24.5 Å². The molecule has 0 aromatic heterocycles. The standard InChI is InChI=1S/C24H29Cl2NO5S/c1-3-32-24(28)18-9-7-17(8-10-18)15-27(16-21-22(25)5-4-6-23(21)26)33(29,30)20-13-11-19(31-2)12-14-20/h4-6,11-14,17-18H,3,7-10,15-16H2,1-2H3. The second kappa shape index (κ2) is 11.6. The lowest BCUT2D eigenvalue weighted by Crippen LogP contribution is -2.37. The Morgan fingerprint density at radius 3 is 2.18 bits per heavy atom. The van der Waals surface area contributed by atoms with Gasteiger partial charge in [-0.2, -0.15) is 4.31 Å². The van der Waals surface area contributed by atoms with E-state index in [4.69, 9.17) is 32.7 Å². The SMILES string of the molecule is CCOC(=O)C1CCC(CN(Cc2c(Cl)cccc2Cl)S(=O)(=O)c2ccc(OC)cc2)CC1. The summed E-state index contributed by atoms with van der Waals surface area (Å²) in [5, 5.41) is 0.840. The number of benzene rings is 2. The van der Waals surface area contributed by atoms with Gasteiger partial charge in [-0.25, -0.2) is 8.42 Å². The summed E-state index contributed by atoms with van der Waals surface area (Å²) in [7, 11) is -2.30. The van der Waals surface area contributed by atoms with E-state index in [9.17, 15) is 13.2 Å². The summed E-state index contributed by atoms with van der Waals surface area (Å²) in [6, 6.07) is 11.4. The average molecular weight is 514 g/mol. The summed E-state index contributed by atoms with van der Waals surface area (Å²) >= 11 is 12.7. The Hall–Kier alpha value is -1.80. The van der Waals surface area contributed by atoms with Crippen molar-refractivity contribution in [3.8, 4) is 5.75 Å². The van der Waals surface area contributed by atoms with Crippen LogP contribution in [0.4, 0.5) is 0 Å². The first-order valence-corrected chi connectivity index (χ1v) is 13.2. The predicted octanol–water partition coefficient (Wildman–Crippen LogP) is 5.56. The second-order valence-electron chi connectivity index (χ2n) is 8.14. The van der Waals surface area contributed by atoms with Gasteiger partial charge in [0.15, 0.2) is 0 Å². The van der Waals surface area contributed by atoms with Gasteiger partial charge in [0.25, 0.3) is 0 Å². The third kappa shape index (κ3) is 6.41. The molecular weight excluding hydrogens is 485 g/mol. The van der Waals surface area contributed by atoms with Gasteiger partial charge < -0.3 is 9.47 Å². The zero-order valence-electron chi connectivity index (χ0n) is 18.8. The molecule has 0 spiro atoms. The number of rotatable bonds is 9. The van der Waals surface area contributed by atoms with Gasteiger partial charge in [-0.3, -0.25) is 4.79 Å². The van der Waals surface area contributed by atoms with E-state index < -0.39 is 10.0 Å². The van der Waals surface area contributed by atoms with Crippen molar-refractivity contribution in [3.63, 3.8) is 0 Å². The lowest BCUT2D eigenvalue weighted by molar-refractivity contribution is -0.149. The van der Waals surface area contributed by atoms with Gasteiger partial charge in [0.2, 0.25) is 10.0 Å². The van der Waals surface area contributed by atoms with Crippen molar-refractivity contribution < 1.29 is 22.7 Å². The van der Waals surface area contributed by atoms with Crippen LogP contribution >= 0.6 is 23.2 Å². The maximum Gasteiger partial charge on any atom is 0.308 e. The van der Waals surface area contributed by atoms with Crippen LogP contribution in [0.2, 0.25) is 10.0 Å². The maximum absolute atomic E-state index is 13.6. The predicted molar refractivity (Wildman–Crippen MR) is 129 cm³/mol. The summed E-state index contributed by atoms with van der Waals surface area (Å²) in [5.41, 5.74) is 0.568. The Morgan fingerprint density at radius 1 is 1.03 bits per heavy atom. The molecule has 2 aromatic carbocycles. The summed E-state index contributed by atoms with van der Waals surface area (Å²) in [4.78, 5) is 12.2. The van der Waals surface area contributed by atoms with Gasteiger partial charge in [0.1, 0.15) is 5.75 Å². The van der Waals surface area contributed by atoms with Crippen LogP contribution in [0.15, 0.2) is 47.4 Å². The minimum Gasteiger partial charge on any atom is -0.497 e. The number of hydrogen-bond acceptors (Lipinski definition) is 5. The highest BCUT2D eigenvalue weighted by atomic mass is 35.5. The van der Waals surface area contributed by atoms with E-state index in [-0.39, 0.29) is 29.2 Å². The Balaban J connectivity index is 1.84. The molecular formula is C24H29Cl2NO5S. The minimum absolute atomic E-state index is 0.0602. The molecule has 1 fully saturated rings. The van der Waals surface area contributed by atoms with Gasteiger partial charge in [-0.1, -0.05) is 29.3 Å². The number of carbonyl (C=O) groups excluding carboxylic acids is 1. The summed E-state index contributed by atoms with van der Waals surface area (Å²) in [6.45, 7) is 2.53. The van der Waals surface area contributed by atoms with E-state index in [2.05, 4.69) is 0 Å². The van der Waals surface area contributed by atoms with E-state index in [1.165, 1.54) is 23.5 Å². The topological polar surface area (TPSA) is 72.9 Å². The molecule has 6 nitrogen and oxygen atoms in total. The third-order valence-corrected chi connectivity index (χ3v) is 8.56. The van der Waals surface area contributed by atoms with Crippen LogP contribution in [0, 0.1) is 11.8 Å². The molecule has 0 heterocycles. The summed E-state index contributed by atoms with van der Waals surface area (Å²) < 4.78 is 39.0. The zero-order chi connectivity index (χ0) is 24.0. The number of esters is 1. The van der Waals surface area contributed by atoms with Crippen molar-refractivity contribution in [2.75, 3.05) is 20.3 Å². The number of ether oxygens (including phenoxy) is 2. The van der Waals surface area contributed by atoms with Crippen LogP contribution in [0.5, 0.6) is 5.75 Å². The molecule has 33 heavy (non-hydrogen) atoms. The Labute approximate surface area is 205 Å². The number of halogens is 2.